The van der Waals surface area contributed by atoms with E-state index in [1.807, 2.05) is 49.1 Å². The summed E-state index contributed by atoms with van der Waals surface area (Å²) in [5.74, 6) is 0.156. The first-order valence-electron chi connectivity index (χ1n) is 9.55. The Morgan fingerprint density at radius 1 is 1.20 bits per heavy atom. The predicted molar refractivity (Wildman–Crippen MR) is 125 cm³/mol. The molecule has 1 N–H and O–H groups in total. The van der Waals surface area contributed by atoms with Gasteiger partial charge in [-0.1, -0.05) is 35.5 Å². The summed E-state index contributed by atoms with van der Waals surface area (Å²) in [6, 6.07) is 12.6. The zero-order valence-electron chi connectivity index (χ0n) is 16.6. The molecule has 2 aromatic carbocycles. The van der Waals surface area contributed by atoms with E-state index in [0.29, 0.717) is 10.2 Å². The van der Waals surface area contributed by atoms with Crippen LogP contribution in [0.5, 0.6) is 0 Å². The van der Waals surface area contributed by atoms with Gasteiger partial charge < -0.3 is 10.2 Å². The van der Waals surface area contributed by atoms with Gasteiger partial charge in [0.1, 0.15) is 0 Å². The predicted octanol–water partition coefficient (Wildman–Crippen LogP) is 3.67. The van der Waals surface area contributed by atoms with E-state index in [1.54, 1.807) is 12.1 Å². The maximum atomic E-state index is 12.6. The Balaban J connectivity index is 1.50. The van der Waals surface area contributed by atoms with Crippen LogP contribution >= 0.6 is 23.4 Å². The van der Waals surface area contributed by atoms with Gasteiger partial charge in [0.05, 0.1) is 29.3 Å². The Kier molecular flexibility index (Phi) is 5.83. The maximum Gasteiger partial charge on any atom is 0.234 e. The number of thioether (sulfide) groups is 1. The highest BCUT2D eigenvalue weighted by Gasteiger charge is 2.47. The molecule has 0 spiro atoms. The number of sulfone groups is 1. The minimum Gasteiger partial charge on any atom is -0.325 e. The summed E-state index contributed by atoms with van der Waals surface area (Å²) in [5.41, 5.74) is 3.70. The molecule has 4 rings (SSSR count). The van der Waals surface area contributed by atoms with Crippen molar-refractivity contribution in [3.8, 4) is 0 Å². The first-order valence-corrected chi connectivity index (χ1v) is 12.7. The quantitative estimate of drug-likeness (QED) is 0.748. The van der Waals surface area contributed by atoms with Crippen LogP contribution in [0, 0.1) is 13.8 Å². The number of halogens is 1. The number of rotatable bonds is 4. The molecular weight excluding hydrogens is 442 g/mol. The third kappa shape index (κ3) is 4.50. The molecule has 0 aromatic heterocycles. The van der Waals surface area contributed by atoms with Crippen molar-refractivity contribution >= 4 is 55.6 Å². The second-order valence-corrected chi connectivity index (χ2v) is 11.2. The van der Waals surface area contributed by atoms with Gasteiger partial charge in [-0.3, -0.25) is 9.79 Å². The van der Waals surface area contributed by atoms with Crippen molar-refractivity contribution in [1.82, 2.24) is 0 Å². The summed E-state index contributed by atoms with van der Waals surface area (Å²) in [7, 11) is -3.12. The van der Waals surface area contributed by atoms with Crippen LogP contribution in [-0.4, -0.2) is 48.8 Å². The van der Waals surface area contributed by atoms with E-state index in [1.165, 1.54) is 11.8 Å². The summed E-state index contributed by atoms with van der Waals surface area (Å²) in [5, 5.41) is 4.22. The molecule has 1 fully saturated rings. The van der Waals surface area contributed by atoms with Gasteiger partial charge in [0, 0.05) is 16.4 Å². The van der Waals surface area contributed by atoms with E-state index in [9.17, 15) is 13.2 Å². The fourth-order valence-electron chi connectivity index (χ4n) is 3.72. The van der Waals surface area contributed by atoms with Crippen LogP contribution < -0.4 is 10.2 Å². The molecule has 2 atom stereocenters. The van der Waals surface area contributed by atoms with Crippen LogP contribution in [-0.2, 0) is 14.6 Å². The molecule has 2 heterocycles. The summed E-state index contributed by atoms with van der Waals surface area (Å²) in [6.45, 7) is 3.93. The Hall–Kier alpha value is -2.03. The summed E-state index contributed by atoms with van der Waals surface area (Å²) in [6.07, 6.45) is 0. The molecule has 0 saturated carbocycles. The number of benzene rings is 2. The number of hydrogen-bond acceptors (Lipinski definition) is 6. The number of nitrogens with zero attached hydrogens (tertiary/aromatic N) is 2. The molecule has 1 saturated heterocycles. The van der Waals surface area contributed by atoms with E-state index < -0.39 is 9.84 Å². The number of hydrogen-bond donors (Lipinski definition) is 1. The lowest BCUT2D eigenvalue weighted by molar-refractivity contribution is -0.113. The Labute approximate surface area is 185 Å². The molecular formula is C21H22ClN3O3S2. The molecule has 9 heteroatoms. The highest BCUT2D eigenvalue weighted by atomic mass is 35.5. The molecule has 0 radical (unpaired) electrons. The summed E-state index contributed by atoms with van der Waals surface area (Å²) < 4.78 is 24.2. The third-order valence-corrected chi connectivity index (χ3v) is 8.13. The smallest absolute Gasteiger partial charge is 0.234 e. The molecule has 6 nitrogen and oxygen atoms in total. The fraction of sp³-hybridized carbons (Fsp3) is 0.333. The number of fused-ring (bicyclic) bond motifs is 1. The van der Waals surface area contributed by atoms with E-state index in [4.69, 9.17) is 11.6 Å². The average molecular weight is 464 g/mol. The number of carbonyl (C=O) groups excluding carboxylic acids is 1. The van der Waals surface area contributed by atoms with E-state index in [2.05, 4.69) is 10.3 Å². The van der Waals surface area contributed by atoms with Gasteiger partial charge in [0.15, 0.2) is 15.0 Å². The highest BCUT2D eigenvalue weighted by Crippen LogP contribution is 2.35. The van der Waals surface area contributed by atoms with E-state index in [-0.39, 0.29) is 35.2 Å². The molecule has 2 unspecified atom stereocenters. The number of amidine groups is 1. The van der Waals surface area contributed by atoms with Crippen molar-refractivity contribution in [2.45, 2.75) is 25.9 Å². The van der Waals surface area contributed by atoms with Gasteiger partial charge in [-0.25, -0.2) is 8.42 Å². The fourth-order valence-corrected chi connectivity index (χ4v) is 6.62. The molecule has 1 amide bonds. The van der Waals surface area contributed by atoms with Crippen molar-refractivity contribution in [1.29, 1.82) is 0 Å². The number of carbonyl (C=O) groups is 1. The standard InChI is InChI=1S/C21H22ClN3O3S2/c1-13-3-4-14(2)17(9-13)23-20(26)10-29-21-24-18-11-30(27,28)12-19(18)25(21)16-7-5-15(22)6-8-16/h3-9,18-19H,10-12H2,1-2H3,(H,23,26). The molecule has 30 heavy (non-hydrogen) atoms. The maximum absolute atomic E-state index is 12.6. The largest absolute Gasteiger partial charge is 0.325 e. The van der Waals surface area contributed by atoms with Crippen LogP contribution in [0.3, 0.4) is 0 Å². The number of anilines is 2. The van der Waals surface area contributed by atoms with Crippen LogP contribution in [0.25, 0.3) is 0 Å². The molecule has 0 bridgehead atoms. The van der Waals surface area contributed by atoms with Crippen molar-refractivity contribution in [2.24, 2.45) is 4.99 Å². The lowest BCUT2D eigenvalue weighted by Crippen LogP contribution is -2.39. The molecule has 2 aliphatic heterocycles. The zero-order valence-corrected chi connectivity index (χ0v) is 19.0. The molecule has 158 valence electrons. The van der Waals surface area contributed by atoms with Crippen molar-refractivity contribution < 1.29 is 13.2 Å². The SMILES string of the molecule is Cc1ccc(C)c(NC(=O)CSC2=NC3CS(=O)(=O)CC3N2c2ccc(Cl)cc2)c1. The second-order valence-electron chi connectivity index (χ2n) is 7.62. The number of aliphatic imine (C=N–C) groups is 1. The van der Waals surface area contributed by atoms with Gasteiger partial charge in [0.25, 0.3) is 0 Å². The Morgan fingerprint density at radius 3 is 2.67 bits per heavy atom. The molecule has 0 aliphatic carbocycles. The van der Waals surface area contributed by atoms with E-state index >= 15 is 0 Å². The second kappa shape index (κ2) is 8.24. The molecule has 2 aromatic rings. The van der Waals surface area contributed by atoms with Gasteiger partial charge in [-0.05, 0) is 55.3 Å². The van der Waals surface area contributed by atoms with Crippen molar-refractivity contribution in [3.05, 3.63) is 58.6 Å². The topological polar surface area (TPSA) is 78.8 Å². The highest BCUT2D eigenvalue weighted by molar-refractivity contribution is 8.14. The number of nitrogens with one attached hydrogen (secondary N) is 1. The normalized spacial score (nSPS) is 22.0. The first kappa shape index (κ1) is 21.2. The minimum absolute atomic E-state index is 0.0422. The van der Waals surface area contributed by atoms with Crippen LogP contribution in [0.15, 0.2) is 47.5 Å². The van der Waals surface area contributed by atoms with Gasteiger partial charge in [0.2, 0.25) is 5.91 Å². The summed E-state index contributed by atoms with van der Waals surface area (Å²) >= 11 is 7.33. The average Bonchev–Trinajstić information content (AvgIpc) is 3.15. The number of aryl methyl sites for hydroxylation is 2. The Morgan fingerprint density at radius 2 is 1.93 bits per heavy atom. The van der Waals surface area contributed by atoms with Crippen molar-refractivity contribution in [2.75, 3.05) is 27.5 Å². The lowest BCUT2D eigenvalue weighted by atomic mass is 10.1. The van der Waals surface area contributed by atoms with Gasteiger partial charge >= 0.3 is 0 Å². The summed E-state index contributed by atoms with van der Waals surface area (Å²) in [4.78, 5) is 19.1. The first-order chi connectivity index (χ1) is 14.2. The van der Waals surface area contributed by atoms with Crippen LogP contribution in [0.4, 0.5) is 11.4 Å². The third-order valence-electron chi connectivity index (χ3n) is 5.21. The van der Waals surface area contributed by atoms with Gasteiger partial charge in [-0.15, -0.1) is 0 Å². The molecule has 2 aliphatic rings. The minimum atomic E-state index is -3.12. The van der Waals surface area contributed by atoms with E-state index in [0.717, 1.165) is 22.5 Å². The van der Waals surface area contributed by atoms with Gasteiger partial charge in [-0.2, -0.15) is 0 Å². The zero-order chi connectivity index (χ0) is 21.5. The van der Waals surface area contributed by atoms with Crippen LogP contribution in [0.2, 0.25) is 5.02 Å². The monoisotopic (exact) mass is 463 g/mol. The lowest BCUT2D eigenvalue weighted by Gasteiger charge is -2.26. The number of amides is 1. The van der Waals surface area contributed by atoms with Crippen LogP contribution in [0.1, 0.15) is 11.1 Å². The Bertz CT molecular complexity index is 1120. The van der Waals surface area contributed by atoms with Crippen molar-refractivity contribution in [3.63, 3.8) is 0 Å².